The monoisotopic (exact) mass is 216 g/mol. The third-order valence-electron chi connectivity index (χ3n) is 3.89. The van der Waals surface area contributed by atoms with Gasteiger partial charge in [0.1, 0.15) is 0 Å². The van der Waals surface area contributed by atoms with Gasteiger partial charge in [0.2, 0.25) is 5.91 Å². The molecule has 1 N–H and O–H groups in total. The predicted octanol–water partition coefficient (Wildman–Crippen LogP) is 2.37. The summed E-state index contributed by atoms with van der Waals surface area (Å²) in [5.74, 6) is 2.15. The maximum atomic E-state index is 12.0. The van der Waals surface area contributed by atoms with E-state index >= 15 is 0 Å². The molecular formula is C13H16N2O. The molecule has 3 nitrogen and oxygen atoms in total. The fraction of sp³-hybridized carbons (Fsp3) is 0.538. The number of aromatic nitrogens is 1. The van der Waals surface area contributed by atoms with E-state index < -0.39 is 0 Å². The van der Waals surface area contributed by atoms with E-state index in [1.165, 1.54) is 6.42 Å². The van der Waals surface area contributed by atoms with Gasteiger partial charge in [0.05, 0.1) is 0 Å². The van der Waals surface area contributed by atoms with E-state index in [1.54, 1.807) is 12.4 Å². The SMILES string of the molecule is Cc1cnccc1NC(=O)C1CC2CC2C1. The van der Waals surface area contributed by atoms with Gasteiger partial charge in [-0.15, -0.1) is 0 Å². The molecule has 3 rings (SSSR count). The lowest BCUT2D eigenvalue weighted by Gasteiger charge is -2.13. The molecule has 0 radical (unpaired) electrons. The zero-order chi connectivity index (χ0) is 11.1. The zero-order valence-electron chi connectivity index (χ0n) is 9.44. The quantitative estimate of drug-likeness (QED) is 0.824. The number of carbonyl (C=O) groups is 1. The highest BCUT2D eigenvalue weighted by Gasteiger charge is 2.47. The van der Waals surface area contributed by atoms with Crippen LogP contribution in [0.2, 0.25) is 0 Å². The van der Waals surface area contributed by atoms with Crippen molar-refractivity contribution < 1.29 is 4.79 Å². The van der Waals surface area contributed by atoms with Gasteiger partial charge in [-0.25, -0.2) is 0 Å². The van der Waals surface area contributed by atoms with Gasteiger partial charge in [-0.2, -0.15) is 0 Å². The molecule has 0 aromatic carbocycles. The number of carbonyl (C=O) groups excluding carboxylic acids is 1. The molecule has 2 aliphatic rings. The van der Waals surface area contributed by atoms with Crippen LogP contribution in [0.15, 0.2) is 18.5 Å². The Morgan fingerprint density at radius 1 is 1.38 bits per heavy atom. The zero-order valence-corrected chi connectivity index (χ0v) is 9.44. The van der Waals surface area contributed by atoms with Gasteiger partial charge in [-0.3, -0.25) is 9.78 Å². The Labute approximate surface area is 95.3 Å². The van der Waals surface area contributed by atoms with E-state index in [0.29, 0.717) is 0 Å². The minimum absolute atomic E-state index is 0.196. The van der Waals surface area contributed by atoms with E-state index in [1.807, 2.05) is 13.0 Å². The summed E-state index contributed by atoms with van der Waals surface area (Å²) >= 11 is 0. The van der Waals surface area contributed by atoms with Crippen molar-refractivity contribution in [2.24, 2.45) is 17.8 Å². The molecule has 1 heterocycles. The van der Waals surface area contributed by atoms with Crippen LogP contribution in [-0.4, -0.2) is 10.9 Å². The number of amides is 1. The molecule has 2 aliphatic carbocycles. The highest BCUT2D eigenvalue weighted by atomic mass is 16.1. The Morgan fingerprint density at radius 2 is 2.12 bits per heavy atom. The Hall–Kier alpha value is -1.38. The van der Waals surface area contributed by atoms with E-state index in [2.05, 4.69) is 10.3 Å². The normalized spacial score (nSPS) is 30.9. The molecule has 2 unspecified atom stereocenters. The van der Waals surface area contributed by atoms with Crippen molar-refractivity contribution in [1.82, 2.24) is 4.98 Å². The van der Waals surface area contributed by atoms with Crippen molar-refractivity contribution in [2.45, 2.75) is 26.2 Å². The minimum atomic E-state index is 0.196. The second-order valence-electron chi connectivity index (χ2n) is 5.10. The van der Waals surface area contributed by atoms with Gasteiger partial charge in [-0.1, -0.05) is 0 Å². The predicted molar refractivity (Wildman–Crippen MR) is 61.9 cm³/mol. The number of hydrogen-bond donors (Lipinski definition) is 1. The minimum Gasteiger partial charge on any atom is -0.325 e. The van der Waals surface area contributed by atoms with Gasteiger partial charge in [-0.05, 0) is 49.7 Å². The Kier molecular flexibility index (Phi) is 2.20. The highest BCUT2D eigenvalue weighted by molar-refractivity contribution is 5.93. The van der Waals surface area contributed by atoms with Crippen LogP contribution in [0.3, 0.4) is 0 Å². The Balaban J connectivity index is 1.66. The average molecular weight is 216 g/mol. The molecule has 1 aromatic heterocycles. The third kappa shape index (κ3) is 1.70. The molecule has 2 fully saturated rings. The lowest BCUT2D eigenvalue weighted by molar-refractivity contribution is -0.120. The van der Waals surface area contributed by atoms with E-state index in [9.17, 15) is 4.79 Å². The Morgan fingerprint density at radius 3 is 2.81 bits per heavy atom. The molecule has 2 saturated carbocycles. The number of fused-ring (bicyclic) bond motifs is 1. The molecule has 1 amide bonds. The number of nitrogens with zero attached hydrogens (tertiary/aromatic N) is 1. The molecule has 3 heteroatoms. The number of nitrogens with one attached hydrogen (secondary N) is 1. The van der Waals surface area contributed by atoms with Crippen LogP contribution in [-0.2, 0) is 4.79 Å². The van der Waals surface area contributed by atoms with Crippen LogP contribution in [0, 0.1) is 24.7 Å². The highest BCUT2D eigenvalue weighted by Crippen LogP contribution is 2.54. The maximum Gasteiger partial charge on any atom is 0.227 e. The fourth-order valence-corrected chi connectivity index (χ4v) is 2.78. The summed E-state index contributed by atoms with van der Waals surface area (Å²) in [7, 11) is 0. The van der Waals surface area contributed by atoms with Crippen LogP contribution < -0.4 is 5.32 Å². The largest absolute Gasteiger partial charge is 0.325 e. The van der Waals surface area contributed by atoms with Crippen LogP contribution in [0.4, 0.5) is 5.69 Å². The first-order valence-corrected chi connectivity index (χ1v) is 5.95. The summed E-state index contributed by atoms with van der Waals surface area (Å²) in [4.78, 5) is 16.0. The van der Waals surface area contributed by atoms with Crippen molar-refractivity contribution in [1.29, 1.82) is 0 Å². The lowest BCUT2D eigenvalue weighted by Crippen LogP contribution is -2.22. The third-order valence-corrected chi connectivity index (χ3v) is 3.89. The van der Waals surface area contributed by atoms with Crippen LogP contribution in [0.1, 0.15) is 24.8 Å². The molecule has 1 aromatic rings. The molecule has 2 atom stereocenters. The molecule has 0 aliphatic heterocycles. The number of rotatable bonds is 2. The van der Waals surface area contributed by atoms with Gasteiger partial charge in [0.25, 0.3) is 0 Å². The first-order valence-electron chi connectivity index (χ1n) is 5.95. The van der Waals surface area contributed by atoms with Crippen LogP contribution in [0.5, 0.6) is 0 Å². The van der Waals surface area contributed by atoms with Crippen molar-refractivity contribution in [2.75, 3.05) is 5.32 Å². The molecule has 16 heavy (non-hydrogen) atoms. The van der Waals surface area contributed by atoms with Gasteiger partial charge in [0.15, 0.2) is 0 Å². The standard InChI is InChI=1S/C13H16N2O/c1-8-7-14-3-2-12(8)15-13(16)11-5-9-4-10(9)6-11/h2-3,7,9-11H,4-6H2,1H3,(H,14,15,16). The average Bonchev–Trinajstić information content (AvgIpc) is 2.89. The first kappa shape index (κ1) is 9.82. The van der Waals surface area contributed by atoms with E-state index in [4.69, 9.17) is 0 Å². The second-order valence-corrected chi connectivity index (χ2v) is 5.10. The summed E-state index contributed by atoms with van der Waals surface area (Å²) in [6, 6.07) is 1.86. The van der Waals surface area contributed by atoms with Crippen LogP contribution in [0.25, 0.3) is 0 Å². The summed E-state index contributed by atoms with van der Waals surface area (Å²) in [5, 5.41) is 3.01. The maximum absolute atomic E-state index is 12.0. The summed E-state index contributed by atoms with van der Waals surface area (Å²) < 4.78 is 0. The van der Waals surface area contributed by atoms with Crippen molar-refractivity contribution in [3.63, 3.8) is 0 Å². The van der Waals surface area contributed by atoms with Crippen molar-refractivity contribution in [3.05, 3.63) is 24.0 Å². The number of anilines is 1. The summed E-state index contributed by atoms with van der Waals surface area (Å²) in [6.45, 7) is 1.97. The smallest absolute Gasteiger partial charge is 0.227 e. The van der Waals surface area contributed by atoms with Crippen molar-refractivity contribution >= 4 is 11.6 Å². The Bertz CT molecular complexity index is 420. The molecule has 0 saturated heterocycles. The second kappa shape index (κ2) is 3.58. The molecule has 0 spiro atoms. The summed E-state index contributed by atoms with van der Waals surface area (Å²) in [6.07, 6.45) is 7.05. The summed E-state index contributed by atoms with van der Waals surface area (Å²) in [5.41, 5.74) is 1.93. The fourth-order valence-electron chi connectivity index (χ4n) is 2.78. The lowest BCUT2D eigenvalue weighted by atomic mass is 10.0. The number of pyridine rings is 1. The number of hydrogen-bond acceptors (Lipinski definition) is 2. The molecule has 0 bridgehead atoms. The van der Waals surface area contributed by atoms with Crippen molar-refractivity contribution in [3.8, 4) is 0 Å². The topological polar surface area (TPSA) is 42.0 Å². The van der Waals surface area contributed by atoms with Gasteiger partial charge in [0, 0.05) is 24.0 Å². The van der Waals surface area contributed by atoms with Gasteiger partial charge >= 0.3 is 0 Å². The molecular weight excluding hydrogens is 200 g/mol. The van der Waals surface area contributed by atoms with Crippen LogP contribution >= 0.6 is 0 Å². The van der Waals surface area contributed by atoms with E-state index in [0.717, 1.165) is 35.9 Å². The molecule has 84 valence electrons. The van der Waals surface area contributed by atoms with E-state index in [-0.39, 0.29) is 11.8 Å². The number of aryl methyl sites for hydroxylation is 1. The first-order chi connectivity index (χ1) is 7.74. The van der Waals surface area contributed by atoms with Gasteiger partial charge < -0.3 is 5.32 Å².